The molecule has 26 heteroatoms. The molecule has 7 rings (SSSR count). The van der Waals surface area contributed by atoms with Gasteiger partial charge in [-0.2, -0.15) is 15.5 Å². The zero-order valence-corrected chi connectivity index (χ0v) is 37.3. The first-order chi connectivity index (χ1) is 31.5. The third-order valence-electron chi connectivity index (χ3n) is 9.36. The lowest BCUT2D eigenvalue weighted by atomic mass is 10.2. The fourth-order valence-corrected chi connectivity index (χ4v) is 7.38. The molecule has 4 aromatic heterocycles. The van der Waals surface area contributed by atoms with Gasteiger partial charge in [-0.3, -0.25) is 33.8 Å². The molecule has 2 amide bonds. The van der Waals surface area contributed by atoms with Gasteiger partial charge >= 0.3 is 0 Å². The molecule has 65 heavy (non-hydrogen) atoms. The predicted octanol–water partition coefficient (Wildman–Crippen LogP) is 3.52. The Morgan fingerprint density at radius 2 is 1.51 bits per heavy atom. The van der Waals surface area contributed by atoms with Gasteiger partial charge in [0.1, 0.15) is 31.5 Å². The molecule has 6 heterocycles. The molecule has 0 bridgehead atoms. The van der Waals surface area contributed by atoms with Crippen LogP contribution < -0.4 is 16.2 Å². The molecule has 0 spiro atoms. The third-order valence-corrected chi connectivity index (χ3v) is 11.2. The Labute approximate surface area is 374 Å². The fourth-order valence-electron chi connectivity index (χ4n) is 6.14. The van der Waals surface area contributed by atoms with E-state index in [9.17, 15) is 24.6 Å². The van der Waals surface area contributed by atoms with Gasteiger partial charge in [0.05, 0.1) is 76.3 Å². The van der Waals surface area contributed by atoms with Crippen LogP contribution in [-0.4, -0.2) is 122 Å². The van der Waals surface area contributed by atoms with Crippen molar-refractivity contribution in [3.05, 3.63) is 65.2 Å². The summed E-state index contributed by atoms with van der Waals surface area (Å²) < 4.78 is 30.8. The van der Waals surface area contributed by atoms with E-state index in [2.05, 4.69) is 45.1 Å². The molecule has 2 aliphatic rings. The van der Waals surface area contributed by atoms with Crippen molar-refractivity contribution in [2.24, 2.45) is 5.92 Å². The van der Waals surface area contributed by atoms with Crippen LogP contribution in [0.15, 0.2) is 54.1 Å². The van der Waals surface area contributed by atoms with Gasteiger partial charge < -0.3 is 48.6 Å². The molecule has 7 N–H and O–H groups in total. The van der Waals surface area contributed by atoms with Gasteiger partial charge in [-0.1, -0.05) is 32.0 Å². The van der Waals surface area contributed by atoms with E-state index < -0.39 is 28.5 Å². The van der Waals surface area contributed by atoms with Crippen LogP contribution in [0.3, 0.4) is 0 Å². The van der Waals surface area contributed by atoms with Gasteiger partial charge in [0.2, 0.25) is 11.9 Å². The summed E-state index contributed by atoms with van der Waals surface area (Å²) in [5.41, 5.74) is 1.64. The van der Waals surface area contributed by atoms with E-state index in [0.717, 1.165) is 12.8 Å². The number of aromatic amines is 1. The molecule has 348 valence electrons. The minimum atomic E-state index is -1.69. The number of hydrogen-bond acceptors (Lipinski definition) is 19. The van der Waals surface area contributed by atoms with Crippen molar-refractivity contribution in [1.29, 1.82) is 10.5 Å². The van der Waals surface area contributed by atoms with Crippen molar-refractivity contribution in [2.75, 3.05) is 49.8 Å². The number of nitrogens with zero attached hydrogens (tertiary/aromatic N) is 9. The summed E-state index contributed by atoms with van der Waals surface area (Å²) in [6.07, 6.45) is 6.21. The number of imidazole rings is 2. The quantitative estimate of drug-likeness (QED) is 0.0488. The van der Waals surface area contributed by atoms with Crippen molar-refractivity contribution in [3.8, 4) is 12.1 Å². The van der Waals surface area contributed by atoms with Crippen molar-refractivity contribution in [2.45, 2.75) is 77.0 Å². The first-order valence-electron chi connectivity index (χ1n) is 20.3. The van der Waals surface area contributed by atoms with Gasteiger partial charge in [-0.25, -0.2) is 19.9 Å². The van der Waals surface area contributed by atoms with Crippen LogP contribution in [0, 0.1) is 28.6 Å². The SMILES string of the molecule is CC(C)C(=O)Nc1nc2c(ncn2C2CCC(COP(CO)OCCC#N)O2)c(=O)[nH]1.N#CCCOP(O)CO.O=C(Nc1ncnc2c1ncn2C1CCC(CO)O1)c1ccccc1. The summed E-state index contributed by atoms with van der Waals surface area (Å²) in [7, 11) is -3.17. The van der Waals surface area contributed by atoms with Crippen LogP contribution in [0.5, 0.6) is 0 Å². The molecule has 24 nitrogen and oxygen atoms in total. The van der Waals surface area contributed by atoms with E-state index in [4.69, 9.17) is 39.0 Å². The third kappa shape index (κ3) is 14.5. The monoisotopic (exact) mass is 940 g/mol. The number of nitrogens with one attached hydrogen (secondary N) is 3. The van der Waals surface area contributed by atoms with Crippen LogP contribution in [-0.2, 0) is 27.8 Å². The van der Waals surface area contributed by atoms with Gasteiger partial charge in [0.15, 0.2) is 44.9 Å². The summed E-state index contributed by atoms with van der Waals surface area (Å²) in [5.74, 6) is -0.376. The molecule has 2 fully saturated rings. The zero-order chi connectivity index (χ0) is 46.7. The normalized spacial score (nSPS) is 18.8. The molecule has 0 saturated carbocycles. The molecule has 2 saturated heterocycles. The van der Waals surface area contributed by atoms with Gasteiger partial charge in [0, 0.05) is 11.5 Å². The second kappa shape index (κ2) is 25.9. The highest BCUT2D eigenvalue weighted by Crippen LogP contribution is 2.39. The first kappa shape index (κ1) is 50.5. The van der Waals surface area contributed by atoms with Crippen LogP contribution in [0.4, 0.5) is 11.8 Å². The number of H-pyrrole nitrogens is 1. The average Bonchev–Trinajstić information content (AvgIpc) is 4.15. The van der Waals surface area contributed by atoms with Crippen molar-refractivity contribution in [1.82, 2.24) is 39.0 Å². The van der Waals surface area contributed by atoms with E-state index in [-0.39, 0.29) is 99.6 Å². The number of hydrogen-bond donors (Lipinski definition) is 7. The number of nitriles is 2. The number of aliphatic hydroxyl groups is 3. The van der Waals surface area contributed by atoms with Gasteiger partial charge in [0.25, 0.3) is 11.5 Å². The minimum Gasteiger partial charge on any atom is -0.394 e. The van der Waals surface area contributed by atoms with Crippen LogP contribution in [0.2, 0.25) is 0 Å². The number of ether oxygens (including phenoxy) is 2. The summed E-state index contributed by atoms with van der Waals surface area (Å²) in [6.45, 7) is 4.10. The number of anilines is 2. The highest BCUT2D eigenvalue weighted by atomic mass is 31.2. The number of aliphatic hydroxyl groups excluding tert-OH is 3. The topological polar surface area (TPSA) is 340 Å². The standard InChI is InChI=1S/C18H25N6O6P.C17H17N5O3.C4H8NO3P/c1-11(2)16(26)22-18-21-15-14(17(27)23-18)20-9-24(15)13-5-4-12(30-13)8-29-31(10-25)28-7-3-6-19;23-8-12-6-7-13(25-12)22-10-20-14-15(18-9-19-16(14)22)21-17(24)11-4-2-1-3-5-11;5-2-1-3-8-9(7)4-6/h9,11-13,25H,3-5,7-8,10H2,1-2H3,(H2,21,22,23,26,27);1-5,9-10,12-13,23H,6-8H2,(H,18,19,21,24);6-7H,1,3-4H2. The van der Waals surface area contributed by atoms with Crippen LogP contribution >= 0.6 is 16.8 Å². The number of carbonyl (C=O) groups is 2. The zero-order valence-electron chi connectivity index (χ0n) is 35.5. The smallest absolute Gasteiger partial charge is 0.280 e. The Morgan fingerprint density at radius 3 is 2.14 bits per heavy atom. The molecule has 6 atom stereocenters. The maximum atomic E-state index is 12.3. The molecular weight excluding hydrogens is 890 g/mol. The number of amides is 2. The second-order valence-corrected chi connectivity index (χ2v) is 17.0. The number of fused-ring (bicyclic) bond motifs is 2. The Balaban J connectivity index is 0.000000209. The largest absolute Gasteiger partial charge is 0.394 e. The van der Waals surface area contributed by atoms with Crippen molar-refractivity contribution in [3.63, 3.8) is 0 Å². The molecule has 0 radical (unpaired) electrons. The minimum absolute atomic E-state index is 0.00348. The maximum absolute atomic E-state index is 12.3. The van der Waals surface area contributed by atoms with E-state index in [1.807, 2.05) is 22.8 Å². The number of benzene rings is 1. The molecule has 1 aromatic carbocycles. The van der Waals surface area contributed by atoms with Crippen LogP contribution in [0.25, 0.3) is 22.3 Å². The Kier molecular flexibility index (Phi) is 20.1. The predicted molar refractivity (Wildman–Crippen MR) is 233 cm³/mol. The molecule has 2 aliphatic heterocycles. The lowest BCUT2D eigenvalue weighted by Crippen LogP contribution is -2.22. The van der Waals surface area contributed by atoms with Gasteiger partial charge in [-0.05, 0) is 37.8 Å². The van der Waals surface area contributed by atoms with E-state index >= 15 is 0 Å². The lowest BCUT2D eigenvalue weighted by molar-refractivity contribution is -0.118. The average molecular weight is 941 g/mol. The summed E-state index contributed by atoms with van der Waals surface area (Å²) in [6, 6.07) is 12.7. The highest BCUT2D eigenvalue weighted by Gasteiger charge is 2.30. The summed E-state index contributed by atoms with van der Waals surface area (Å²) in [5, 5.41) is 48.7. The highest BCUT2D eigenvalue weighted by molar-refractivity contribution is 7.47. The lowest BCUT2D eigenvalue weighted by Gasteiger charge is -2.18. The Hall–Kier alpha value is -5.46. The molecule has 0 aliphatic carbocycles. The number of aromatic nitrogens is 8. The fraction of sp³-hybridized carbons (Fsp3) is 0.487. The van der Waals surface area contributed by atoms with Gasteiger partial charge in [-0.15, -0.1) is 0 Å². The summed E-state index contributed by atoms with van der Waals surface area (Å²) in [4.78, 5) is 68.9. The van der Waals surface area contributed by atoms with Crippen LogP contribution in [0.1, 0.15) is 75.2 Å². The van der Waals surface area contributed by atoms with E-state index in [1.54, 1.807) is 49.0 Å². The Morgan fingerprint density at radius 1 is 0.862 bits per heavy atom. The molecule has 6 unspecified atom stereocenters. The maximum Gasteiger partial charge on any atom is 0.280 e. The van der Waals surface area contributed by atoms with E-state index in [0.29, 0.717) is 41.0 Å². The molecular formula is C39H50N12O12P2. The second-order valence-electron chi connectivity index (χ2n) is 14.3. The summed E-state index contributed by atoms with van der Waals surface area (Å²) >= 11 is 0. The number of rotatable bonds is 18. The van der Waals surface area contributed by atoms with Crippen molar-refractivity contribution >= 4 is 62.7 Å². The molecule has 5 aromatic rings. The number of carbonyl (C=O) groups excluding carboxylic acids is 2. The van der Waals surface area contributed by atoms with Crippen molar-refractivity contribution < 1.29 is 52.8 Å². The first-order valence-corrected chi connectivity index (χ1v) is 23.1. The Bertz CT molecular complexity index is 2440. The van der Waals surface area contributed by atoms with E-state index in [1.165, 1.54) is 12.7 Å².